The first-order chi connectivity index (χ1) is 10.9. The molecular weight excluding hydrogens is 312 g/mol. The molecule has 0 aliphatic carbocycles. The molecule has 0 spiro atoms. The molecule has 0 saturated heterocycles. The van der Waals surface area contributed by atoms with Gasteiger partial charge >= 0.3 is 0 Å². The van der Waals surface area contributed by atoms with Gasteiger partial charge in [0.1, 0.15) is 0 Å². The van der Waals surface area contributed by atoms with Crippen molar-refractivity contribution in [2.75, 3.05) is 7.05 Å². The SMILES string of the molecule is Cc1ccc(/C=C/C(=O)N(C)[C@@H](C)c2cccc([N+](=O)[O-])c2)s1. The normalized spacial score (nSPS) is 12.3. The Morgan fingerprint density at radius 3 is 2.70 bits per heavy atom. The molecule has 0 radical (unpaired) electrons. The van der Waals surface area contributed by atoms with Gasteiger partial charge in [-0.05, 0) is 37.6 Å². The minimum absolute atomic E-state index is 0.0276. The molecule has 0 bridgehead atoms. The predicted molar refractivity (Wildman–Crippen MR) is 92.4 cm³/mol. The van der Waals surface area contributed by atoms with Gasteiger partial charge in [-0.2, -0.15) is 0 Å². The smallest absolute Gasteiger partial charge is 0.269 e. The Hall–Kier alpha value is -2.47. The van der Waals surface area contributed by atoms with Crippen LogP contribution in [-0.4, -0.2) is 22.8 Å². The largest absolute Gasteiger partial charge is 0.335 e. The zero-order valence-electron chi connectivity index (χ0n) is 13.2. The predicted octanol–water partition coefficient (Wildman–Crippen LogP) is 4.20. The van der Waals surface area contributed by atoms with Crippen LogP contribution in [0.25, 0.3) is 6.08 Å². The summed E-state index contributed by atoms with van der Waals surface area (Å²) in [4.78, 5) is 26.5. The van der Waals surface area contributed by atoms with Crippen molar-refractivity contribution in [1.29, 1.82) is 0 Å². The number of non-ortho nitro benzene ring substituents is 1. The van der Waals surface area contributed by atoms with Crippen LogP contribution in [0, 0.1) is 17.0 Å². The zero-order valence-corrected chi connectivity index (χ0v) is 14.0. The van der Waals surface area contributed by atoms with E-state index in [2.05, 4.69) is 0 Å². The quantitative estimate of drug-likeness (QED) is 0.469. The molecule has 5 nitrogen and oxygen atoms in total. The number of carbonyl (C=O) groups is 1. The van der Waals surface area contributed by atoms with E-state index in [0.29, 0.717) is 0 Å². The molecule has 1 aromatic carbocycles. The molecule has 1 amide bonds. The average molecular weight is 330 g/mol. The lowest BCUT2D eigenvalue weighted by atomic mass is 10.1. The molecule has 0 N–H and O–H groups in total. The van der Waals surface area contributed by atoms with E-state index in [1.54, 1.807) is 41.5 Å². The minimum atomic E-state index is -0.433. The van der Waals surface area contributed by atoms with Gasteiger partial charge in [0.15, 0.2) is 0 Å². The van der Waals surface area contributed by atoms with Gasteiger partial charge in [-0.1, -0.05) is 12.1 Å². The van der Waals surface area contributed by atoms with Gasteiger partial charge in [0, 0.05) is 35.0 Å². The van der Waals surface area contributed by atoms with Crippen molar-refractivity contribution in [2.24, 2.45) is 0 Å². The van der Waals surface area contributed by atoms with Crippen molar-refractivity contribution in [3.8, 4) is 0 Å². The molecule has 0 fully saturated rings. The summed E-state index contributed by atoms with van der Waals surface area (Å²) in [5, 5.41) is 10.9. The van der Waals surface area contributed by atoms with Crippen molar-refractivity contribution in [3.63, 3.8) is 0 Å². The maximum absolute atomic E-state index is 12.3. The lowest BCUT2D eigenvalue weighted by molar-refractivity contribution is -0.384. The first-order valence-electron chi connectivity index (χ1n) is 7.14. The molecule has 1 heterocycles. The molecule has 2 aromatic rings. The highest BCUT2D eigenvalue weighted by Gasteiger charge is 2.17. The summed E-state index contributed by atoms with van der Waals surface area (Å²) in [5.41, 5.74) is 0.759. The summed E-state index contributed by atoms with van der Waals surface area (Å²) in [7, 11) is 1.69. The first kappa shape index (κ1) is 16.9. The van der Waals surface area contributed by atoms with Gasteiger partial charge in [-0.25, -0.2) is 0 Å². The van der Waals surface area contributed by atoms with E-state index >= 15 is 0 Å². The number of rotatable bonds is 5. The number of carbonyl (C=O) groups excluding carboxylic acids is 1. The van der Waals surface area contributed by atoms with Crippen LogP contribution in [0.5, 0.6) is 0 Å². The number of thiophene rings is 1. The van der Waals surface area contributed by atoms with Crippen molar-refractivity contribution < 1.29 is 9.72 Å². The van der Waals surface area contributed by atoms with Gasteiger partial charge < -0.3 is 4.90 Å². The molecule has 1 atom stereocenters. The average Bonchev–Trinajstić information content (AvgIpc) is 2.96. The van der Waals surface area contributed by atoms with Gasteiger partial charge in [0.05, 0.1) is 11.0 Å². The van der Waals surface area contributed by atoms with Gasteiger partial charge in [-0.3, -0.25) is 14.9 Å². The van der Waals surface area contributed by atoms with Gasteiger partial charge in [0.2, 0.25) is 5.91 Å². The number of nitrogens with zero attached hydrogens (tertiary/aromatic N) is 2. The third-order valence-corrected chi connectivity index (χ3v) is 4.61. The molecule has 0 aliphatic heterocycles. The third kappa shape index (κ3) is 4.26. The number of hydrogen-bond donors (Lipinski definition) is 0. The van der Waals surface area contributed by atoms with Crippen molar-refractivity contribution in [3.05, 3.63) is 67.9 Å². The number of hydrogen-bond acceptors (Lipinski definition) is 4. The van der Waals surface area contributed by atoms with Crippen LogP contribution < -0.4 is 0 Å². The highest BCUT2D eigenvalue weighted by atomic mass is 32.1. The molecule has 6 heteroatoms. The molecular formula is C17H18N2O3S. The maximum atomic E-state index is 12.3. The van der Waals surface area contributed by atoms with Crippen LogP contribution in [0.15, 0.2) is 42.5 Å². The van der Waals surface area contributed by atoms with E-state index in [1.165, 1.54) is 23.1 Å². The molecule has 2 rings (SSSR count). The van der Waals surface area contributed by atoms with Crippen LogP contribution in [0.4, 0.5) is 5.69 Å². The number of benzene rings is 1. The molecule has 23 heavy (non-hydrogen) atoms. The summed E-state index contributed by atoms with van der Waals surface area (Å²) in [6, 6.07) is 10.1. The van der Waals surface area contributed by atoms with Crippen LogP contribution in [0.1, 0.15) is 28.3 Å². The molecule has 0 aliphatic rings. The molecule has 120 valence electrons. The Morgan fingerprint density at radius 1 is 1.35 bits per heavy atom. The van der Waals surface area contributed by atoms with Crippen molar-refractivity contribution in [1.82, 2.24) is 4.90 Å². The van der Waals surface area contributed by atoms with Crippen molar-refractivity contribution in [2.45, 2.75) is 19.9 Å². The van der Waals surface area contributed by atoms with E-state index in [0.717, 1.165) is 10.4 Å². The molecule has 1 aromatic heterocycles. The summed E-state index contributed by atoms with van der Waals surface area (Å²) < 4.78 is 0. The van der Waals surface area contributed by atoms with E-state index in [1.807, 2.05) is 26.0 Å². The number of nitro benzene ring substituents is 1. The fraction of sp³-hybridized carbons (Fsp3) is 0.235. The Kier molecular flexibility index (Phi) is 5.28. The molecule has 0 unspecified atom stereocenters. The minimum Gasteiger partial charge on any atom is -0.335 e. The number of nitro groups is 1. The van der Waals surface area contributed by atoms with Crippen LogP contribution in [0.2, 0.25) is 0 Å². The zero-order chi connectivity index (χ0) is 17.0. The lowest BCUT2D eigenvalue weighted by Crippen LogP contribution is -2.28. The Labute approximate surface area is 139 Å². The highest BCUT2D eigenvalue weighted by Crippen LogP contribution is 2.23. The lowest BCUT2D eigenvalue weighted by Gasteiger charge is -2.24. The van der Waals surface area contributed by atoms with Crippen molar-refractivity contribution >= 4 is 29.0 Å². The number of amides is 1. The van der Waals surface area contributed by atoms with E-state index in [4.69, 9.17) is 0 Å². The van der Waals surface area contributed by atoms with Crippen LogP contribution >= 0.6 is 11.3 Å². The third-order valence-electron chi connectivity index (χ3n) is 3.64. The van der Waals surface area contributed by atoms with Gasteiger partial charge in [-0.15, -0.1) is 11.3 Å². The fourth-order valence-corrected chi connectivity index (χ4v) is 2.91. The summed E-state index contributed by atoms with van der Waals surface area (Å²) >= 11 is 1.62. The highest BCUT2D eigenvalue weighted by molar-refractivity contribution is 7.12. The Bertz CT molecular complexity index is 752. The fourth-order valence-electron chi connectivity index (χ4n) is 2.13. The Morgan fingerprint density at radius 2 is 2.09 bits per heavy atom. The van der Waals surface area contributed by atoms with E-state index in [9.17, 15) is 14.9 Å². The Balaban J connectivity index is 2.10. The van der Waals surface area contributed by atoms with Gasteiger partial charge in [0.25, 0.3) is 5.69 Å². The van der Waals surface area contributed by atoms with Crippen LogP contribution in [0.3, 0.4) is 0 Å². The second kappa shape index (κ2) is 7.19. The number of aryl methyl sites for hydroxylation is 1. The second-order valence-corrected chi connectivity index (χ2v) is 6.58. The summed E-state index contributed by atoms with van der Waals surface area (Å²) in [5.74, 6) is -0.143. The maximum Gasteiger partial charge on any atom is 0.269 e. The monoisotopic (exact) mass is 330 g/mol. The van der Waals surface area contributed by atoms with E-state index in [-0.39, 0.29) is 17.6 Å². The summed E-state index contributed by atoms with van der Waals surface area (Å²) in [6.45, 7) is 3.86. The second-order valence-electron chi connectivity index (χ2n) is 5.26. The summed E-state index contributed by atoms with van der Waals surface area (Å²) in [6.07, 6.45) is 3.32. The number of likely N-dealkylation sites (N-methyl/N-ethyl adjacent to an activating group) is 1. The molecule has 0 saturated carbocycles. The first-order valence-corrected chi connectivity index (χ1v) is 7.96. The van der Waals surface area contributed by atoms with E-state index < -0.39 is 4.92 Å². The topological polar surface area (TPSA) is 63.5 Å². The van der Waals surface area contributed by atoms with Crippen LogP contribution in [-0.2, 0) is 4.79 Å². The standard InChI is InChI=1S/C17H18N2O3S/c1-12-7-8-16(23-12)9-10-17(20)18(3)13(2)14-5-4-6-15(11-14)19(21)22/h4-11,13H,1-3H3/b10-9+/t13-/m0/s1.